The molecule has 0 heterocycles. The van der Waals surface area contributed by atoms with Gasteiger partial charge >= 0.3 is 5.97 Å². The Morgan fingerprint density at radius 3 is 1.92 bits per heavy atom. The van der Waals surface area contributed by atoms with E-state index in [4.69, 9.17) is 14.2 Å². The number of rotatable bonds is 8. The summed E-state index contributed by atoms with van der Waals surface area (Å²) in [6.45, 7) is -0.256. The lowest BCUT2D eigenvalue weighted by atomic mass is 10.1. The van der Waals surface area contributed by atoms with Crippen molar-refractivity contribution in [3.8, 4) is 11.5 Å². The Morgan fingerprint density at radius 1 is 0.833 bits per heavy atom. The van der Waals surface area contributed by atoms with Gasteiger partial charge in [-0.3, -0.25) is 9.59 Å². The molecule has 0 saturated heterocycles. The number of benzene rings is 2. The summed E-state index contributed by atoms with van der Waals surface area (Å²) in [6.07, 6.45) is 0.780. The third-order valence-corrected chi connectivity index (χ3v) is 3.55. The molecule has 0 aliphatic heterocycles. The van der Waals surface area contributed by atoms with Gasteiger partial charge in [0, 0.05) is 12.0 Å². The molecule has 0 spiro atoms. The largest absolute Gasteiger partial charge is 0.497 e. The van der Waals surface area contributed by atoms with Crippen molar-refractivity contribution in [2.45, 2.75) is 12.8 Å². The fraction of sp³-hybridized carbons (Fsp3) is 0.263. The standard InChI is InChI=1S/C19H20O5/c1-22-16-8-3-14(4-9-16)5-12-19(21)24-13-18(20)15-6-10-17(23-2)11-7-15/h3-4,6-11H,5,12-13H2,1-2H3. The number of Topliss-reactive ketones (excluding diaryl/α,β-unsaturated/α-hetero) is 1. The molecule has 0 aliphatic carbocycles. The normalized spacial score (nSPS) is 10.1. The zero-order valence-electron chi connectivity index (χ0n) is 13.8. The molecule has 5 heteroatoms. The molecular formula is C19H20O5. The van der Waals surface area contributed by atoms with E-state index in [-0.39, 0.29) is 18.8 Å². The van der Waals surface area contributed by atoms with Crippen LogP contribution >= 0.6 is 0 Å². The Labute approximate surface area is 141 Å². The third-order valence-electron chi connectivity index (χ3n) is 3.55. The quantitative estimate of drug-likeness (QED) is 0.550. The second kappa shape index (κ2) is 8.72. The van der Waals surface area contributed by atoms with E-state index in [1.165, 1.54) is 0 Å². The summed E-state index contributed by atoms with van der Waals surface area (Å²) in [7, 11) is 3.16. The summed E-state index contributed by atoms with van der Waals surface area (Å²) in [5.41, 5.74) is 1.49. The Kier molecular flexibility index (Phi) is 6.37. The van der Waals surface area contributed by atoms with Crippen molar-refractivity contribution >= 4 is 11.8 Å². The number of hydrogen-bond acceptors (Lipinski definition) is 5. The van der Waals surface area contributed by atoms with Gasteiger partial charge in [-0.15, -0.1) is 0 Å². The van der Waals surface area contributed by atoms with E-state index in [0.717, 1.165) is 11.3 Å². The number of carbonyl (C=O) groups excluding carboxylic acids is 2. The fourth-order valence-corrected chi connectivity index (χ4v) is 2.12. The van der Waals surface area contributed by atoms with E-state index in [2.05, 4.69) is 0 Å². The molecule has 2 aromatic carbocycles. The number of aryl methyl sites for hydroxylation is 1. The van der Waals surface area contributed by atoms with Gasteiger partial charge < -0.3 is 14.2 Å². The first-order valence-electron chi connectivity index (χ1n) is 7.58. The molecule has 0 aromatic heterocycles. The van der Waals surface area contributed by atoms with E-state index in [1.807, 2.05) is 24.3 Å². The molecule has 24 heavy (non-hydrogen) atoms. The SMILES string of the molecule is COc1ccc(CCC(=O)OCC(=O)c2ccc(OC)cc2)cc1. The van der Waals surface area contributed by atoms with Crippen LogP contribution in [0.3, 0.4) is 0 Å². The molecular weight excluding hydrogens is 308 g/mol. The van der Waals surface area contributed by atoms with E-state index in [9.17, 15) is 9.59 Å². The van der Waals surface area contributed by atoms with Gasteiger partial charge in [0.15, 0.2) is 12.4 Å². The second-order valence-corrected chi connectivity index (χ2v) is 5.16. The maximum atomic E-state index is 12.0. The predicted molar refractivity (Wildman–Crippen MR) is 89.6 cm³/mol. The summed E-state index contributed by atoms with van der Waals surface area (Å²) >= 11 is 0. The molecule has 2 rings (SSSR count). The van der Waals surface area contributed by atoms with Crippen LogP contribution in [0.5, 0.6) is 11.5 Å². The molecule has 0 radical (unpaired) electrons. The number of ketones is 1. The Morgan fingerprint density at radius 2 is 1.38 bits per heavy atom. The average molecular weight is 328 g/mol. The monoisotopic (exact) mass is 328 g/mol. The van der Waals surface area contributed by atoms with Gasteiger partial charge in [-0.05, 0) is 48.4 Å². The number of ether oxygens (including phenoxy) is 3. The summed E-state index contributed by atoms with van der Waals surface area (Å²) in [4.78, 5) is 23.7. The zero-order chi connectivity index (χ0) is 17.4. The number of esters is 1. The number of carbonyl (C=O) groups is 2. The molecule has 0 aliphatic rings. The highest BCUT2D eigenvalue weighted by atomic mass is 16.5. The van der Waals surface area contributed by atoms with Crippen LogP contribution in [0.1, 0.15) is 22.3 Å². The van der Waals surface area contributed by atoms with Crippen LogP contribution in [0.4, 0.5) is 0 Å². The molecule has 0 atom stereocenters. The first-order chi connectivity index (χ1) is 11.6. The first-order valence-corrected chi connectivity index (χ1v) is 7.58. The van der Waals surface area contributed by atoms with Gasteiger partial charge in [0.25, 0.3) is 0 Å². The lowest BCUT2D eigenvalue weighted by Gasteiger charge is -2.06. The van der Waals surface area contributed by atoms with Gasteiger partial charge in [0.05, 0.1) is 14.2 Å². The van der Waals surface area contributed by atoms with Gasteiger partial charge in [0.1, 0.15) is 11.5 Å². The third kappa shape index (κ3) is 5.12. The first kappa shape index (κ1) is 17.5. The average Bonchev–Trinajstić information content (AvgIpc) is 2.64. The van der Waals surface area contributed by atoms with E-state index < -0.39 is 5.97 Å². The minimum Gasteiger partial charge on any atom is -0.497 e. The van der Waals surface area contributed by atoms with Crippen molar-refractivity contribution in [2.75, 3.05) is 20.8 Å². The van der Waals surface area contributed by atoms with Crippen molar-refractivity contribution < 1.29 is 23.8 Å². The van der Waals surface area contributed by atoms with Crippen LogP contribution in [0.25, 0.3) is 0 Å². The molecule has 0 amide bonds. The Hall–Kier alpha value is -2.82. The van der Waals surface area contributed by atoms with E-state index in [1.54, 1.807) is 38.5 Å². The fourth-order valence-electron chi connectivity index (χ4n) is 2.12. The minimum absolute atomic E-state index is 0.224. The maximum Gasteiger partial charge on any atom is 0.306 e. The molecule has 0 fully saturated rings. The summed E-state index contributed by atoms with van der Waals surface area (Å²) in [6, 6.07) is 14.2. The molecule has 126 valence electrons. The smallest absolute Gasteiger partial charge is 0.306 e. The molecule has 0 saturated carbocycles. The van der Waals surface area contributed by atoms with Crippen LogP contribution in [0.15, 0.2) is 48.5 Å². The van der Waals surface area contributed by atoms with Crippen molar-refractivity contribution in [2.24, 2.45) is 0 Å². The van der Waals surface area contributed by atoms with Crippen molar-refractivity contribution in [1.29, 1.82) is 0 Å². The lowest BCUT2D eigenvalue weighted by molar-refractivity contribution is -0.142. The summed E-state index contributed by atoms with van der Waals surface area (Å²) in [5, 5.41) is 0. The van der Waals surface area contributed by atoms with Gasteiger partial charge in [-0.2, -0.15) is 0 Å². The van der Waals surface area contributed by atoms with Crippen LogP contribution in [-0.2, 0) is 16.0 Å². The van der Waals surface area contributed by atoms with Gasteiger partial charge in [-0.1, -0.05) is 12.1 Å². The summed E-state index contributed by atoms with van der Waals surface area (Å²) in [5.74, 6) is 0.803. The maximum absolute atomic E-state index is 12.0. The molecule has 0 bridgehead atoms. The summed E-state index contributed by atoms with van der Waals surface area (Å²) < 4.78 is 15.1. The zero-order valence-corrected chi connectivity index (χ0v) is 13.8. The van der Waals surface area contributed by atoms with Gasteiger partial charge in [-0.25, -0.2) is 0 Å². The van der Waals surface area contributed by atoms with Gasteiger partial charge in [0.2, 0.25) is 0 Å². The molecule has 0 unspecified atom stereocenters. The van der Waals surface area contributed by atoms with Crippen LogP contribution < -0.4 is 9.47 Å². The minimum atomic E-state index is -0.396. The highest BCUT2D eigenvalue weighted by molar-refractivity contribution is 5.98. The highest BCUT2D eigenvalue weighted by Gasteiger charge is 2.10. The number of hydrogen-bond donors (Lipinski definition) is 0. The van der Waals surface area contributed by atoms with Crippen LogP contribution in [0, 0.1) is 0 Å². The topological polar surface area (TPSA) is 61.8 Å². The number of methoxy groups -OCH3 is 2. The second-order valence-electron chi connectivity index (χ2n) is 5.16. The molecule has 0 N–H and O–H groups in total. The Balaban J connectivity index is 1.76. The molecule has 2 aromatic rings. The van der Waals surface area contributed by atoms with Crippen molar-refractivity contribution in [3.63, 3.8) is 0 Å². The van der Waals surface area contributed by atoms with Crippen LogP contribution in [0.2, 0.25) is 0 Å². The predicted octanol–water partition coefficient (Wildman–Crippen LogP) is 3.06. The highest BCUT2D eigenvalue weighted by Crippen LogP contribution is 2.13. The van der Waals surface area contributed by atoms with E-state index in [0.29, 0.717) is 17.7 Å². The van der Waals surface area contributed by atoms with Crippen molar-refractivity contribution in [3.05, 3.63) is 59.7 Å². The molecule has 5 nitrogen and oxygen atoms in total. The van der Waals surface area contributed by atoms with E-state index >= 15 is 0 Å². The lowest BCUT2D eigenvalue weighted by Crippen LogP contribution is -2.14. The van der Waals surface area contributed by atoms with Crippen LogP contribution in [-0.4, -0.2) is 32.6 Å². The van der Waals surface area contributed by atoms with Crippen molar-refractivity contribution in [1.82, 2.24) is 0 Å². The Bertz CT molecular complexity index is 674.